The Labute approximate surface area is 191 Å². The number of carbonyl (C=O) groups is 4. The summed E-state index contributed by atoms with van der Waals surface area (Å²) in [7, 11) is 0. The van der Waals surface area contributed by atoms with E-state index in [9.17, 15) is 19.2 Å². The van der Waals surface area contributed by atoms with Crippen LogP contribution in [0, 0.1) is 0 Å². The normalized spacial score (nSPS) is 18.1. The molecule has 3 aromatic rings. The van der Waals surface area contributed by atoms with Gasteiger partial charge in [-0.2, -0.15) is 0 Å². The third-order valence-corrected chi connectivity index (χ3v) is 6.58. The van der Waals surface area contributed by atoms with Gasteiger partial charge in [0.15, 0.2) is 5.78 Å². The number of benzene rings is 2. The molecule has 1 saturated carbocycles. The van der Waals surface area contributed by atoms with Gasteiger partial charge in [0.25, 0.3) is 5.91 Å². The van der Waals surface area contributed by atoms with Crippen LogP contribution in [0.5, 0.6) is 0 Å². The molecule has 6 heteroatoms. The van der Waals surface area contributed by atoms with Gasteiger partial charge in [0.1, 0.15) is 11.6 Å². The van der Waals surface area contributed by atoms with E-state index in [1.165, 1.54) is 0 Å². The highest BCUT2D eigenvalue weighted by atomic mass is 16.2. The number of hydrogen-bond acceptors (Lipinski definition) is 5. The number of nitrogens with zero attached hydrogens (tertiary/aromatic N) is 2. The van der Waals surface area contributed by atoms with Gasteiger partial charge in [-0.3, -0.25) is 24.2 Å². The van der Waals surface area contributed by atoms with Crippen LogP contribution in [0.25, 0.3) is 10.9 Å². The first-order chi connectivity index (χ1) is 16.0. The van der Waals surface area contributed by atoms with Gasteiger partial charge in [-0.05, 0) is 53.8 Å². The summed E-state index contributed by atoms with van der Waals surface area (Å²) in [6, 6.07) is 14.9. The molecular formula is C27H24N2O4. The molecule has 1 amide bonds. The molecule has 33 heavy (non-hydrogen) atoms. The SMILES string of the molecule is O=C1CCC(N2Cc3cc(CCC(=O)Cc4ccc5ncccc5c4)ccc3C2=O)C(=O)C1. The van der Waals surface area contributed by atoms with E-state index in [1.54, 1.807) is 17.2 Å². The highest BCUT2D eigenvalue weighted by Gasteiger charge is 2.38. The number of rotatable bonds is 6. The maximum Gasteiger partial charge on any atom is 0.255 e. The summed E-state index contributed by atoms with van der Waals surface area (Å²) < 4.78 is 0. The number of ketones is 3. The number of pyridine rings is 1. The van der Waals surface area contributed by atoms with Crippen LogP contribution in [0.4, 0.5) is 0 Å². The standard InChI is InChI=1S/C27H24N2O4/c30-21(14-18-5-9-24-19(13-18)2-1-11-28-24)6-3-17-4-8-23-20(12-17)16-29(27(23)33)25-10-7-22(31)15-26(25)32/h1-2,4-5,8-9,11-13,25H,3,6-7,10,14-16H2. The molecule has 0 N–H and O–H groups in total. The molecule has 0 spiro atoms. The Morgan fingerprint density at radius 3 is 2.73 bits per heavy atom. The summed E-state index contributed by atoms with van der Waals surface area (Å²) in [6.07, 6.45) is 3.83. The Bertz CT molecular complexity index is 1300. The molecular weight excluding hydrogens is 416 g/mol. The van der Waals surface area contributed by atoms with Crippen LogP contribution in [-0.4, -0.2) is 39.2 Å². The summed E-state index contributed by atoms with van der Waals surface area (Å²) in [5.74, 6) is -0.199. The molecule has 0 radical (unpaired) electrons. The lowest BCUT2D eigenvalue weighted by molar-refractivity contribution is -0.133. The number of aromatic nitrogens is 1. The molecule has 2 heterocycles. The minimum absolute atomic E-state index is 0.0484. The van der Waals surface area contributed by atoms with Crippen molar-refractivity contribution in [1.82, 2.24) is 9.88 Å². The van der Waals surface area contributed by atoms with Gasteiger partial charge in [-0.15, -0.1) is 0 Å². The largest absolute Gasteiger partial charge is 0.324 e. The molecule has 1 unspecified atom stereocenters. The van der Waals surface area contributed by atoms with Crippen molar-refractivity contribution in [3.8, 4) is 0 Å². The van der Waals surface area contributed by atoms with Crippen molar-refractivity contribution >= 4 is 34.2 Å². The Balaban J connectivity index is 1.21. The van der Waals surface area contributed by atoms with Gasteiger partial charge in [-0.25, -0.2) is 0 Å². The highest BCUT2D eigenvalue weighted by Crippen LogP contribution is 2.30. The Hall–Kier alpha value is -3.67. The topological polar surface area (TPSA) is 84.4 Å². The van der Waals surface area contributed by atoms with E-state index in [-0.39, 0.29) is 29.7 Å². The molecule has 0 saturated heterocycles. The summed E-state index contributed by atoms with van der Waals surface area (Å²) >= 11 is 0. The van der Waals surface area contributed by atoms with Crippen molar-refractivity contribution in [2.45, 2.75) is 51.1 Å². The van der Waals surface area contributed by atoms with Crippen molar-refractivity contribution in [2.24, 2.45) is 0 Å². The Morgan fingerprint density at radius 2 is 1.88 bits per heavy atom. The van der Waals surface area contributed by atoms with Crippen molar-refractivity contribution in [2.75, 3.05) is 0 Å². The van der Waals surface area contributed by atoms with Gasteiger partial charge in [0.05, 0.1) is 18.0 Å². The zero-order valence-corrected chi connectivity index (χ0v) is 18.3. The van der Waals surface area contributed by atoms with E-state index in [2.05, 4.69) is 4.98 Å². The van der Waals surface area contributed by atoms with E-state index in [0.29, 0.717) is 44.2 Å². The third-order valence-electron chi connectivity index (χ3n) is 6.58. The van der Waals surface area contributed by atoms with Gasteiger partial charge in [0, 0.05) is 43.0 Å². The summed E-state index contributed by atoms with van der Waals surface area (Å²) in [6.45, 7) is 0.381. The monoisotopic (exact) mass is 440 g/mol. The van der Waals surface area contributed by atoms with Gasteiger partial charge >= 0.3 is 0 Å². The van der Waals surface area contributed by atoms with E-state index >= 15 is 0 Å². The number of aryl methyl sites for hydroxylation is 1. The van der Waals surface area contributed by atoms with Crippen molar-refractivity contribution < 1.29 is 19.2 Å². The molecule has 1 aromatic heterocycles. The molecule has 2 aromatic carbocycles. The second-order valence-electron chi connectivity index (χ2n) is 8.91. The first-order valence-electron chi connectivity index (χ1n) is 11.3. The minimum atomic E-state index is -0.509. The predicted octanol–water partition coefficient (Wildman–Crippen LogP) is 3.63. The molecule has 1 aliphatic heterocycles. The fraction of sp³-hybridized carbons (Fsp3) is 0.296. The maximum atomic E-state index is 12.8. The van der Waals surface area contributed by atoms with Crippen molar-refractivity contribution in [1.29, 1.82) is 0 Å². The van der Waals surface area contributed by atoms with Crippen LogP contribution in [-0.2, 0) is 33.8 Å². The van der Waals surface area contributed by atoms with Gasteiger partial charge in [0.2, 0.25) is 0 Å². The first kappa shape index (κ1) is 21.2. The molecule has 166 valence electrons. The van der Waals surface area contributed by atoms with Crippen LogP contribution in [0.15, 0.2) is 54.7 Å². The molecule has 0 bridgehead atoms. The second kappa shape index (κ2) is 8.70. The highest BCUT2D eigenvalue weighted by molar-refractivity contribution is 6.07. The van der Waals surface area contributed by atoms with Crippen LogP contribution in [0.2, 0.25) is 0 Å². The molecule has 5 rings (SSSR count). The Kier molecular flexibility index (Phi) is 5.58. The second-order valence-corrected chi connectivity index (χ2v) is 8.91. The number of amides is 1. The number of Topliss-reactive ketones (excluding diaryl/α,β-unsaturated/α-hetero) is 3. The molecule has 2 aliphatic rings. The molecule has 1 aliphatic carbocycles. The van der Waals surface area contributed by atoms with E-state index in [0.717, 1.165) is 27.6 Å². The summed E-state index contributed by atoms with van der Waals surface area (Å²) in [4.78, 5) is 55.1. The van der Waals surface area contributed by atoms with Crippen LogP contribution in [0.1, 0.15) is 52.7 Å². The van der Waals surface area contributed by atoms with E-state index < -0.39 is 6.04 Å². The van der Waals surface area contributed by atoms with Gasteiger partial charge < -0.3 is 4.90 Å². The molecule has 1 atom stereocenters. The number of hydrogen-bond donors (Lipinski definition) is 0. The van der Waals surface area contributed by atoms with Crippen LogP contribution >= 0.6 is 0 Å². The third kappa shape index (κ3) is 4.33. The zero-order valence-electron chi connectivity index (χ0n) is 18.3. The number of fused-ring (bicyclic) bond motifs is 2. The zero-order chi connectivity index (χ0) is 22.9. The van der Waals surface area contributed by atoms with Crippen molar-refractivity contribution in [3.63, 3.8) is 0 Å². The Morgan fingerprint density at radius 1 is 1.03 bits per heavy atom. The lowest BCUT2D eigenvalue weighted by Gasteiger charge is -2.29. The quantitative estimate of drug-likeness (QED) is 0.547. The average molecular weight is 440 g/mol. The fourth-order valence-corrected chi connectivity index (χ4v) is 4.83. The van der Waals surface area contributed by atoms with E-state index in [1.807, 2.05) is 42.5 Å². The number of carbonyl (C=O) groups excluding carboxylic acids is 4. The first-order valence-corrected chi connectivity index (χ1v) is 11.3. The smallest absolute Gasteiger partial charge is 0.255 e. The van der Waals surface area contributed by atoms with Crippen molar-refractivity contribution in [3.05, 3.63) is 77.0 Å². The fourth-order valence-electron chi connectivity index (χ4n) is 4.83. The maximum absolute atomic E-state index is 12.8. The van der Waals surface area contributed by atoms with Gasteiger partial charge in [-0.1, -0.05) is 24.3 Å². The molecule has 6 nitrogen and oxygen atoms in total. The van der Waals surface area contributed by atoms with E-state index in [4.69, 9.17) is 0 Å². The van der Waals surface area contributed by atoms with Crippen LogP contribution < -0.4 is 0 Å². The lowest BCUT2D eigenvalue weighted by atomic mass is 9.92. The minimum Gasteiger partial charge on any atom is -0.324 e. The average Bonchev–Trinajstić information content (AvgIpc) is 3.13. The molecule has 1 fully saturated rings. The predicted molar refractivity (Wildman–Crippen MR) is 123 cm³/mol. The van der Waals surface area contributed by atoms with Crippen LogP contribution in [0.3, 0.4) is 0 Å². The summed E-state index contributed by atoms with van der Waals surface area (Å²) in [5, 5.41) is 1.02. The lowest BCUT2D eigenvalue weighted by Crippen LogP contribution is -2.44. The summed E-state index contributed by atoms with van der Waals surface area (Å²) in [5.41, 5.74) is 4.39.